The van der Waals surface area contributed by atoms with E-state index in [0.29, 0.717) is 0 Å². The smallest absolute Gasteiger partial charge is 0.180 e. The average Bonchev–Trinajstić information content (AvgIpc) is 2.88. The molecule has 0 fully saturated rings. The van der Waals surface area contributed by atoms with E-state index in [9.17, 15) is 0 Å². The molecule has 4 nitrogen and oxygen atoms in total. The minimum absolute atomic E-state index is 0.798. The fraction of sp³-hybridized carbons (Fsp3) is 0.200. The van der Waals surface area contributed by atoms with Gasteiger partial charge in [0.05, 0.1) is 0 Å². The molecule has 0 saturated heterocycles. The molecule has 0 bridgehead atoms. The van der Waals surface area contributed by atoms with Crippen LogP contribution in [0.4, 0.5) is 5.82 Å². The summed E-state index contributed by atoms with van der Waals surface area (Å²) in [6.07, 6.45) is 5.61. The van der Waals surface area contributed by atoms with Crippen LogP contribution in [0.1, 0.15) is 11.1 Å². The van der Waals surface area contributed by atoms with E-state index >= 15 is 0 Å². The van der Waals surface area contributed by atoms with Crippen LogP contribution in [-0.2, 0) is 6.54 Å². The van der Waals surface area contributed by atoms with Gasteiger partial charge in [-0.15, -0.1) is 0 Å². The number of aromatic nitrogens is 3. The fourth-order valence-corrected chi connectivity index (χ4v) is 2.57. The first-order valence-electron chi connectivity index (χ1n) is 6.39. The predicted molar refractivity (Wildman–Crippen MR) is 84.0 cm³/mol. The highest BCUT2D eigenvalue weighted by Gasteiger charge is 2.11. The Morgan fingerprint density at radius 3 is 2.75 bits per heavy atom. The second kappa shape index (κ2) is 5.25. The van der Waals surface area contributed by atoms with Gasteiger partial charge in [-0.05, 0) is 28.4 Å². The number of fused-ring (bicyclic) bond motifs is 1. The molecule has 0 saturated carbocycles. The van der Waals surface area contributed by atoms with Crippen molar-refractivity contribution in [1.82, 2.24) is 14.4 Å². The van der Waals surface area contributed by atoms with Gasteiger partial charge < -0.3 is 9.30 Å². The van der Waals surface area contributed by atoms with Crippen molar-refractivity contribution in [2.45, 2.75) is 13.5 Å². The van der Waals surface area contributed by atoms with Crippen LogP contribution in [0.5, 0.6) is 0 Å². The Morgan fingerprint density at radius 1 is 1.25 bits per heavy atom. The molecule has 0 aliphatic heterocycles. The molecule has 0 spiro atoms. The first-order valence-corrected chi connectivity index (χ1v) is 7.18. The zero-order valence-corrected chi connectivity index (χ0v) is 13.0. The molecule has 0 atom stereocenters. The molecule has 1 aromatic carbocycles. The van der Waals surface area contributed by atoms with Crippen molar-refractivity contribution < 1.29 is 0 Å². The summed E-state index contributed by atoms with van der Waals surface area (Å²) >= 11 is 3.44. The van der Waals surface area contributed by atoms with E-state index in [1.807, 2.05) is 23.8 Å². The Balaban J connectivity index is 1.93. The van der Waals surface area contributed by atoms with E-state index in [2.05, 4.69) is 62.0 Å². The molecule has 102 valence electrons. The number of hydrogen-bond donors (Lipinski definition) is 0. The summed E-state index contributed by atoms with van der Waals surface area (Å²) in [5, 5.41) is 0. The summed E-state index contributed by atoms with van der Waals surface area (Å²) < 4.78 is 2.77. The summed E-state index contributed by atoms with van der Waals surface area (Å²) in [6.45, 7) is 2.89. The second-order valence-electron chi connectivity index (χ2n) is 4.89. The van der Waals surface area contributed by atoms with Crippen LogP contribution in [0.25, 0.3) is 5.65 Å². The van der Waals surface area contributed by atoms with Crippen LogP contribution < -0.4 is 4.90 Å². The molecule has 0 N–H and O–H groups in total. The molecule has 3 aromatic rings. The molecular weight excluding hydrogens is 316 g/mol. The van der Waals surface area contributed by atoms with E-state index in [0.717, 1.165) is 22.6 Å². The van der Waals surface area contributed by atoms with Gasteiger partial charge in [-0.2, -0.15) is 0 Å². The van der Waals surface area contributed by atoms with Crippen LogP contribution >= 0.6 is 15.9 Å². The number of benzene rings is 1. The largest absolute Gasteiger partial charge is 0.352 e. The quantitative estimate of drug-likeness (QED) is 0.737. The van der Waals surface area contributed by atoms with Crippen molar-refractivity contribution in [3.05, 3.63) is 58.6 Å². The average molecular weight is 331 g/mol. The lowest BCUT2D eigenvalue weighted by atomic mass is 10.1. The number of imidazole rings is 1. The number of hydrogen-bond acceptors (Lipinski definition) is 3. The normalized spacial score (nSPS) is 10.9. The minimum Gasteiger partial charge on any atom is -0.352 e. The molecular formula is C15H15BrN4. The zero-order valence-electron chi connectivity index (χ0n) is 11.4. The molecule has 0 aliphatic carbocycles. The van der Waals surface area contributed by atoms with Crippen molar-refractivity contribution in [1.29, 1.82) is 0 Å². The second-order valence-corrected chi connectivity index (χ2v) is 5.70. The van der Waals surface area contributed by atoms with Crippen molar-refractivity contribution in [2.75, 3.05) is 11.9 Å². The first kappa shape index (κ1) is 13.1. The summed E-state index contributed by atoms with van der Waals surface area (Å²) in [6, 6.07) is 8.55. The number of aryl methyl sites for hydroxylation is 1. The van der Waals surface area contributed by atoms with Crippen LogP contribution in [0, 0.1) is 6.92 Å². The van der Waals surface area contributed by atoms with Gasteiger partial charge >= 0.3 is 0 Å². The maximum atomic E-state index is 4.55. The van der Waals surface area contributed by atoms with Crippen LogP contribution in [0.15, 0.2) is 47.5 Å². The summed E-state index contributed by atoms with van der Waals surface area (Å²) in [7, 11) is 2.03. The monoisotopic (exact) mass is 330 g/mol. The molecule has 0 radical (unpaired) electrons. The number of anilines is 1. The van der Waals surface area contributed by atoms with E-state index in [1.54, 1.807) is 6.20 Å². The SMILES string of the molecule is Cc1ccc(CN(C)c2nc(Br)cn3ccnc23)cc1. The third-order valence-electron chi connectivity index (χ3n) is 3.23. The third-order valence-corrected chi connectivity index (χ3v) is 3.61. The van der Waals surface area contributed by atoms with Crippen LogP contribution in [0.2, 0.25) is 0 Å². The first-order chi connectivity index (χ1) is 9.63. The van der Waals surface area contributed by atoms with Gasteiger partial charge in [-0.25, -0.2) is 9.97 Å². The fourth-order valence-electron chi connectivity index (χ4n) is 2.18. The van der Waals surface area contributed by atoms with Crippen LogP contribution in [0.3, 0.4) is 0 Å². The Kier molecular flexibility index (Phi) is 3.44. The van der Waals surface area contributed by atoms with E-state index in [1.165, 1.54) is 11.1 Å². The standard InChI is InChI=1S/C15H15BrN4/c1-11-3-5-12(6-4-11)9-19(2)15-14-17-7-8-20(14)10-13(16)18-15/h3-8,10H,9H2,1-2H3. The summed E-state index contributed by atoms with van der Waals surface area (Å²) in [5.74, 6) is 0.866. The molecule has 0 aliphatic rings. The van der Waals surface area contributed by atoms with Gasteiger partial charge in [-0.1, -0.05) is 29.8 Å². The lowest BCUT2D eigenvalue weighted by Gasteiger charge is -2.19. The number of nitrogens with zero attached hydrogens (tertiary/aromatic N) is 4. The molecule has 0 amide bonds. The molecule has 20 heavy (non-hydrogen) atoms. The highest BCUT2D eigenvalue weighted by molar-refractivity contribution is 9.10. The number of rotatable bonds is 3. The van der Waals surface area contributed by atoms with Crippen molar-refractivity contribution in [2.24, 2.45) is 0 Å². The molecule has 3 rings (SSSR count). The van der Waals surface area contributed by atoms with Crippen LogP contribution in [-0.4, -0.2) is 21.4 Å². The Bertz CT molecular complexity index is 733. The zero-order chi connectivity index (χ0) is 14.1. The Hall–Kier alpha value is -1.88. The predicted octanol–water partition coefficient (Wildman–Crippen LogP) is 3.44. The minimum atomic E-state index is 0.798. The van der Waals surface area contributed by atoms with Gasteiger partial charge in [0, 0.05) is 32.2 Å². The topological polar surface area (TPSA) is 33.4 Å². The lowest BCUT2D eigenvalue weighted by molar-refractivity contribution is 0.887. The van der Waals surface area contributed by atoms with Crippen molar-refractivity contribution >= 4 is 27.4 Å². The van der Waals surface area contributed by atoms with Gasteiger partial charge in [0.1, 0.15) is 4.60 Å². The summed E-state index contributed by atoms with van der Waals surface area (Å²) in [5.41, 5.74) is 3.39. The molecule has 2 aromatic heterocycles. The van der Waals surface area contributed by atoms with Crippen molar-refractivity contribution in [3.8, 4) is 0 Å². The van der Waals surface area contributed by atoms with Gasteiger partial charge in [-0.3, -0.25) is 0 Å². The third kappa shape index (κ3) is 2.54. The van der Waals surface area contributed by atoms with Gasteiger partial charge in [0.15, 0.2) is 11.5 Å². The van der Waals surface area contributed by atoms with E-state index in [4.69, 9.17) is 0 Å². The van der Waals surface area contributed by atoms with Gasteiger partial charge in [0.2, 0.25) is 0 Å². The van der Waals surface area contributed by atoms with E-state index < -0.39 is 0 Å². The lowest BCUT2D eigenvalue weighted by Crippen LogP contribution is -2.19. The maximum absolute atomic E-state index is 4.55. The molecule has 2 heterocycles. The van der Waals surface area contributed by atoms with Gasteiger partial charge in [0.25, 0.3) is 0 Å². The maximum Gasteiger partial charge on any atom is 0.180 e. The highest BCUT2D eigenvalue weighted by atomic mass is 79.9. The summed E-state index contributed by atoms with van der Waals surface area (Å²) in [4.78, 5) is 11.0. The van der Waals surface area contributed by atoms with E-state index in [-0.39, 0.29) is 0 Å². The Morgan fingerprint density at radius 2 is 2.00 bits per heavy atom. The number of halogens is 1. The highest BCUT2D eigenvalue weighted by Crippen LogP contribution is 2.21. The Labute approximate surface area is 126 Å². The molecule has 0 unspecified atom stereocenters. The van der Waals surface area contributed by atoms with Crippen molar-refractivity contribution in [3.63, 3.8) is 0 Å². The molecule has 5 heteroatoms.